The Balaban J connectivity index is 1.55. The zero-order chi connectivity index (χ0) is 20.4. The zero-order valence-electron chi connectivity index (χ0n) is 15.6. The number of hydrogen-bond acceptors (Lipinski definition) is 6. The third-order valence-corrected chi connectivity index (χ3v) is 6.58. The van der Waals surface area contributed by atoms with Gasteiger partial charge in [0.15, 0.2) is 0 Å². The van der Waals surface area contributed by atoms with E-state index in [-0.39, 0.29) is 35.9 Å². The summed E-state index contributed by atoms with van der Waals surface area (Å²) in [4.78, 5) is 37.3. The maximum atomic E-state index is 12.5. The summed E-state index contributed by atoms with van der Waals surface area (Å²) < 4.78 is 31.8. The number of carbonyl (C=O) groups is 3. The van der Waals surface area contributed by atoms with Gasteiger partial charge in [0.2, 0.25) is 10.0 Å². The molecule has 3 rings (SSSR count). The van der Waals surface area contributed by atoms with Gasteiger partial charge in [0.1, 0.15) is 5.54 Å². The van der Waals surface area contributed by atoms with Crippen molar-refractivity contribution in [1.29, 1.82) is 0 Å². The summed E-state index contributed by atoms with van der Waals surface area (Å²) in [6.45, 7) is 0.186. The molecule has 1 aromatic carbocycles. The van der Waals surface area contributed by atoms with Crippen LogP contribution < -0.4 is 10.0 Å². The molecule has 2 N–H and O–H groups in total. The van der Waals surface area contributed by atoms with Crippen molar-refractivity contribution in [2.75, 3.05) is 20.2 Å². The summed E-state index contributed by atoms with van der Waals surface area (Å²) in [5, 5.41) is 2.79. The fraction of sp³-hybridized carbons (Fsp3) is 0.500. The second-order valence-electron chi connectivity index (χ2n) is 6.95. The number of urea groups is 1. The number of nitrogens with one attached hydrogen (secondary N) is 2. The monoisotopic (exact) mass is 409 g/mol. The highest BCUT2D eigenvalue weighted by atomic mass is 32.2. The van der Waals surface area contributed by atoms with Gasteiger partial charge in [-0.1, -0.05) is 18.9 Å². The van der Waals surface area contributed by atoms with E-state index < -0.39 is 27.6 Å². The van der Waals surface area contributed by atoms with Crippen LogP contribution in [0.15, 0.2) is 29.2 Å². The van der Waals surface area contributed by atoms with E-state index in [1.165, 1.54) is 31.4 Å². The molecule has 9 nitrogen and oxygen atoms in total. The first-order valence-corrected chi connectivity index (χ1v) is 10.6. The van der Waals surface area contributed by atoms with Gasteiger partial charge in [-0.3, -0.25) is 9.69 Å². The summed E-state index contributed by atoms with van der Waals surface area (Å²) in [6.07, 6.45) is 3.40. The van der Waals surface area contributed by atoms with Crippen LogP contribution >= 0.6 is 0 Å². The Morgan fingerprint density at radius 3 is 2.68 bits per heavy atom. The number of sulfonamides is 1. The molecule has 0 radical (unpaired) electrons. The first-order valence-electron chi connectivity index (χ1n) is 9.11. The van der Waals surface area contributed by atoms with E-state index in [4.69, 9.17) is 0 Å². The molecule has 2 aliphatic rings. The average molecular weight is 409 g/mol. The lowest BCUT2D eigenvalue weighted by atomic mass is 9.98. The molecule has 0 aromatic heterocycles. The van der Waals surface area contributed by atoms with Crippen molar-refractivity contribution in [3.05, 3.63) is 29.8 Å². The van der Waals surface area contributed by atoms with Crippen LogP contribution in [0.1, 0.15) is 42.5 Å². The van der Waals surface area contributed by atoms with E-state index in [0.717, 1.165) is 17.7 Å². The first kappa shape index (κ1) is 20.3. The molecular formula is C18H23N3O6S. The van der Waals surface area contributed by atoms with E-state index in [1.807, 2.05) is 0 Å². The number of rotatable bonds is 7. The van der Waals surface area contributed by atoms with Gasteiger partial charge in [0, 0.05) is 13.1 Å². The molecule has 152 valence electrons. The summed E-state index contributed by atoms with van der Waals surface area (Å²) in [5.74, 6) is -0.847. The van der Waals surface area contributed by atoms with Crippen molar-refractivity contribution in [1.82, 2.24) is 14.9 Å². The topological polar surface area (TPSA) is 122 Å². The number of esters is 1. The predicted octanol–water partition coefficient (Wildman–Crippen LogP) is 1.01. The standard InChI is InChI=1S/C18H23N3O6S/c1-27-15(22)13-6-4-7-14(12-13)28(25,26)19-10-5-11-21-16(23)18(20-17(21)24)8-2-3-9-18/h4,6-7,12,19H,2-3,5,8-11H2,1H3,(H,20,24). The van der Waals surface area contributed by atoms with E-state index >= 15 is 0 Å². The second-order valence-corrected chi connectivity index (χ2v) is 8.71. The Labute approximate surface area is 163 Å². The summed E-state index contributed by atoms with van der Waals surface area (Å²) in [7, 11) is -2.62. The molecule has 1 saturated carbocycles. The molecule has 1 aliphatic heterocycles. The van der Waals surface area contributed by atoms with E-state index in [0.29, 0.717) is 12.8 Å². The minimum atomic E-state index is -3.83. The number of benzene rings is 1. The number of amides is 3. The quantitative estimate of drug-likeness (QED) is 0.394. The Hall–Kier alpha value is -2.46. The van der Waals surface area contributed by atoms with Crippen LogP contribution in [0.25, 0.3) is 0 Å². The minimum absolute atomic E-state index is 0.0504. The van der Waals surface area contributed by atoms with Gasteiger partial charge >= 0.3 is 12.0 Å². The Bertz CT molecular complexity index is 892. The highest BCUT2D eigenvalue weighted by Crippen LogP contribution is 2.34. The highest BCUT2D eigenvalue weighted by molar-refractivity contribution is 7.89. The van der Waals surface area contributed by atoms with Crippen molar-refractivity contribution >= 4 is 27.9 Å². The van der Waals surface area contributed by atoms with Crippen molar-refractivity contribution in [3.8, 4) is 0 Å². The van der Waals surface area contributed by atoms with Gasteiger partial charge in [0.25, 0.3) is 5.91 Å². The summed E-state index contributed by atoms with van der Waals surface area (Å²) in [6, 6.07) is 5.10. The molecule has 0 bridgehead atoms. The third-order valence-electron chi connectivity index (χ3n) is 5.12. The lowest BCUT2D eigenvalue weighted by Crippen LogP contribution is -2.44. The normalized spacial score (nSPS) is 18.5. The van der Waals surface area contributed by atoms with E-state index in [9.17, 15) is 22.8 Å². The maximum absolute atomic E-state index is 12.5. The highest BCUT2D eigenvalue weighted by Gasteiger charge is 2.51. The van der Waals surface area contributed by atoms with Gasteiger partial charge in [-0.2, -0.15) is 0 Å². The molecule has 10 heteroatoms. The predicted molar refractivity (Wildman–Crippen MR) is 99.0 cm³/mol. The van der Waals surface area contributed by atoms with Crippen LogP contribution in [-0.4, -0.2) is 57.0 Å². The maximum Gasteiger partial charge on any atom is 0.337 e. The molecule has 1 aromatic rings. The molecule has 1 saturated heterocycles. The lowest BCUT2D eigenvalue weighted by Gasteiger charge is -2.20. The number of nitrogens with zero attached hydrogens (tertiary/aromatic N) is 1. The smallest absolute Gasteiger partial charge is 0.337 e. The molecule has 1 spiro atoms. The van der Waals surface area contributed by atoms with Crippen LogP contribution in [0.2, 0.25) is 0 Å². The van der Waals surface area contributed by atoms with Crippen LogP contribution in [0.3, 0.4) is 0 Å². The average Bonchev–Trinajstić information content (AvgIpc) is 3.24. The van der Waals surface area contributed by atoms with E-state index in [1.54, 1.807) is 0 Å². The van der Waals surface area contributed by atoms with Crippen LogP contribution in [-0.2, 0) is 19.6 Å². The SMILES string of the molecule is COC(=O)c1cccc(S(=O)(=O)NCCCN2C(=O)NC3(CCCC3)C2=O)c1. The van der Waals surface area contributed by atoms with Crippen LogP contribution in [0, 0.1) is 0 Å². The molecular weight excluding hydrogens is 386 g/mol. The molecule has 1 heterocycles. The number of hydrogen-bond donors (Lipinski definition) is 2. The lowest BCUT2D eigenvalue weighted by molar-refractivity contribution is -0.131. The fourth-order valence-electron chi connectivity index (χ4n) is 3.63. The molecule has 2 fully saturated rings. The largest absolute Gasteiger partial charge is 0.465 e. The Morgan fingerprint density at radius 1 is 1.29 bits per heavy atom. The van der Waals surface area contributed by atoms with Crippen LogP contribution in [0.4, 0.5) is 4.79 Å². The van der Waals surface area contributed by atoms with Crippen LogP contribution in [0.5, 0.6) is 0 Å². The molecule has 3 amide bonds. The van der Waals surface area contributed by atoms with Gasteiger partial charge in [-0.25, -0.2) is 22.7 Å². The number of imide groups is 1. The van der Waals surface area contributed by atoms with E-state index in [2.05, 4.69) is 14.8 Å². The molecule has 0 unspecified atom stereocenters. The van der Waals surface area contributed by atoms with Crippen molar-refractivity contribution < 1.29 is 27.5 Å². The first-order chi connectivity index (χ1) is 13.3. The second kappa shape index (κ2) is 7.88. The molecule has 0 atom stereocenters. The van der Waals surface area contributed by atoms with Gasteiger partial charge in [0.05, 0.1) is 17.6 Å². The third kappa shape index (κ3) is 3.88. The minimum Gasteiger partial charge on any atom is -0.465 e. The molecule has 28 heavy (non-hydrogen) atoms. The van der Waals surface area contributed by atoms with Crippen molar-refractivity contribution in [3.63, 3.8) is 0 Å². The fourth-order valence-corrected chi connectivity index (χ4v) is 4.75. The van der Waals surface area contributed by atoms with Crippen molar-refractivity contribution in [2.24, 2.45) is 0 Å². The van der Waals surface area contributed by atoms with Gasteiger partial charge in [-0.05, 0) is 37.5 Å². The summed E-state index contributed by atoms with van der Waals surface area (Å²) >= 11 is 0. The van der Waals surface area contributed by atoms with Crippen molar-refractivity contribution in [2.45, 2.75) is 42.5 Å². The molecule has 1 aliphatic carbocycles. The summed E-state index contributed by atoms with van der Waals surface area (Å²) in [5.41, 5.74) is -0.628. The number of carbonyl (C=O) groups excluding carboxylic acids is 3. The Morgan fingerprint density at radius 2 is 2.00 bits per heavy atom. The number of methoxy groups -OCH3 is 1. The van der Waals surface area contributed by atoms with Gasteiger partial charge < -0.3 is 10.1 Å². The Kier molecular flexibility index (Phi) is 5.71. The zero-order valence-corrected chi connectivity index (χ0v) is 16.4. The van der Waals surface area contributed by atoms with Gasteiger partial charge in [-0.15, -0.1) is 0 Å². The number of ether oxygens (including phenoxy) is 1.